The first-order chi connectivity index (χ1) is 7.79. The number of hydrogen-bond acceptors (Lipinski definition) is 3. The van der Waals surface area contributed by atoms with Gasteiger partial charge in [-0.3, -0.25) is 0 Å². The Hall–Kier alpha value is -0.528. The van der Waals surface area contributed by atoms with Crippen LogP contribution in [0, 0.1) is 0 Å². The number of morpholine rings is 1. The summed E-state index contributed by atoms with van der Waals surface area (Å²) in [5.74, 6) is 0.918. The molecule has 0 aliphatic carbocycles. The first-order valence-corrected chi connectivity index (χ1v) is 6.11. The maximum absolute atomic E-state index is 5.44. The van der Waals surface area contributed by atoms with Crippen LogP contribution in [0.25, 0.3) is 0 Å². The highest BCUT2D eigenvalue weighted by molar-refractivity contribution is 6.34. The second kappa shape index (κ2) is 5.70. The van der Waals surface area contributed by atoms with Crippen LogP contribution in [0.5, 0.6) is 5.75 Å². The summed E-state index contributed by atoms with van der Waals surface area (Å²) in [6.07, 6.45) is 1.01. The molecule has 1 aliphatic heterocycles. The third-order valence-electron chi connectivity index (χ3n) is 2.77. The van der Waals surface area contributed by atoms with Gasteiger partial charge in [0.25, 0.3) is 0 Å². The molecule has 1 saturated heterocycles. The number of nitrogens with one attached hydrogen (secondary N) is 1. The average molecular weight is 233 g/mol. The van der Waals surface area contributed by atoms with Gasteiger partial charge in [0, 0.05) is 12.6 Å². The molecule has 4 heteroatoms. The van der Waals surface area contributed by atoms with Crippen LogP contribution in [-0.2, 0) is 11.2 Å². The van der Waals surface area contributed by atoms with Crippen molar-refractivity contribution in [2.45, 2.75) is 12.5 Å². The average Bonchev–Trinajstić information content (AvgIpc) is 2.31. The van der Waals surface area contributed by atoms with Gasteiger partial charge in [-0.25, -0.2) is 0 Å². The molecule has 1 heterocycles. The Morgan fingerprint density at radius 2 is 2.44 bits per heavy atom. The highest BCUT2D eigenvalue weighted by Gasteiger charge is 2.13. The third kappa shape index (κ3) is 2.99. The monoisotopic (exact) mass is 233 g/mol. The van der Waals surface area contributed by atoms with Gasteiger partial charge in [-0.2, -0.15) is 0 Å². The molecule has 1 aliphatic rings. The summed E-state index contributed by atoms with van der Waals surface area (Å²) in [6, 6.07) is 6.72. The van der Waals surface area contributed by atoms with Gasteiger partial charge in [0.2, 0.25) is 0 Å². The lowest BCUT2D eigenvalue weighted by Gasteiger charge is -2.24. The van der Waals surface area contributed by atoms with E-state index in [-0.39, 0.29) is 0 Å². The Labute approximate surface area is 105 Å². The van der Waals surface area contributed by atoms with Gasteiger partial charge >= 0.3 is 0 Å². The van der Waals surface area contributed by atoms with Gasteiger partial charge in [-0.15, -0.1) is 0 Å². The van der Waals surface area contributed by atoms with Crippen molar-refractivity contribution < 1.29 is 9.47 Å². The number of benzene rings is 1. The number of methoxy groups -OCH3 is 1. The molecule has 1 N–H and O–H groups in total. The lowest BCUT2D eigenvalue weighted by molar-refractivity contribution is 0.0770. The summed E-state index contributed by atoms with van der Waals surface area (Å²) < 4.78 is 11.8. The molecule has 3 nitrogen and oxygen atoms in total. The van der Waals surface area contributed by atoms with Crippen molar-refractivity contribution in [2.75, 3.05) is 26.9 Å². The number of hydrogen-bond donors (Lipinski definition) is 1. The second-order valence-corrected chi connectivity index (χ2v) is 4.63. The van der Waals surface area contributed by atoms with Crippen LogP contribution in [0.3, 0.4) is 0 Å². The maximum atomic E-state index is 5.44. The van der Waals surface area contributed by atoms with Gasteiger partial charge in [0.1, 0.15) is 5.75 Å². The minimum absolute atomic E-state index is 0.437. The molecule has 2 rings (SSSR count). The molecular weight excluding hydrogens is 217 g/mol. The fraction of sp³-hybridized carbons (Fsp3) is 0.500. The molecule has 0 amide bonds. The van der Waals surface area contributed by atoms with Crippen molar-refractivity contribution in [3.8, 4) is 5.75 Å². The summed E-state index contributed by atoms with van der Waals surface area (Å²) in [6.45, 7) is 2.58. The number of rotatable bonds is 3. The van der Waals surface area contributed by atoms with Gasteiger partial charge in [-0.05, 0) is 18.1 Å². The zero-order valence-electron chi connectivity index (χ0n) is 9.53. The predicted molar refractivity (Wildman–Crippen MR) is 64.7 cm³/mol. The molecule has 0 saturated carbocycles. The Balaban J connectivity index is 2.01. The maximum Gasteiger partial charge on any atom is 0.181 e. The molecule has 2 radical (unpaired) electrons. The second-order valence-electron chi connectivity index (χ2n) is 4.01. The van der Waals surface area contributed by atoms with Crippen molar-refractivity contribution in [2.24, 2.45) is 0 Å². The minimum Gasteiger partial charge on any atom is -0.498 e. The van der Waals surface area contributed by atoms with E-state index in [1.165, 1.54) is 5.56 Å². The summed E-state index contributed by atoms with van der Waals surface area (Å²) in [4.78, 5) is 0. The Morgan fingerprint density at radius 3 is 3.06 bits per heavy atom. The van der Waals surface area contributed by atoms with E-state index in [4.69, 9.17) is 9.47 Å². The van der Waals surface area contributed by atoms with Crippen LogP contribution in [0.1, 0.15) is 5.56 Å². The minimum atomic E-state index is 0.437. The molecular formula is C12H16AlNO2. The summed E-state index contributed by atoms with van der Waals surface area (Å²) in [7, 11) is 1.69. The van der Waals surface area contributed by atoms with Gasteiger partial charge < -0.3 is 14.8 Å². The van der Waals surface area contributed by atoms with E-state index in [9.17, 15) is 0 Å². The van der Waals surface area contributed by atoms with Crippen molar-refractivity contribution in [1.29, 1.82) is 0 Å². The molecule has 16 heavy (non-hydrogen) atoms. The topological polar surface area (TPSA) is 30.5 Å². The quantitative estimate of drug-likeness (QED) is 0.747. The normalized spacial score (nSPS) is 20.7. The fourth-order valence-corrected chi connectivity index (χ4v) is 2.37. The fourth-order valence-electron chi connectivity index (χ4n) is 1.95. The lowest BCUT2D eigenvalue weighted by atomic mass is 10.1. The zero-order valence-corrected chi connectivity index (χ0v) is 10.7. The standard InChI is InChI=1S/C12H16NO2.Al/c1-14-12-4-2-10(3-5-12)8-11-9-15-7-6-13-11;/h2-4,11,13H,6-9H2,1H3;. The first-order valence-electron chi connectivity index (χ1n) is 5.53. The smallest absolute Gasteiger partial charge is 0.181 e. The van der Waals surface area contributed by atoms with Gasteiger partial charge in [0.15, 0.2) is 16.3 Å². The Bertz CT molecular complexity index is 351. The van der Waals surface area contributed by atoms with Gasteiger partial charge in [0.05, 0.1) is 20.3 Å². The van der Waals surface area contributed by atoms with Gasteiger partial charge in [-0.1, -0.05) is 16.6 Å². The molecule has 0 bridgehead atoms. The van der Waals surface area contributed by atoms with E-state index in [0.29, 0.717) is 6.04 Å². The van der Waals surface area contributed by atoms with Crippen LogP contribution < -0.4 is 14.5 Å². The molecule has 84 valence electrons. The van der Waals surface area contributed by atoms with E-state index in [0.717, 1.165) is 36.4 Å². The predicted octanol–water partition coefficient (Wildman–Crippen LogP) is 0.0199. The van der Waals surface area contributed by atoms with Crippen LogP contribution in [-0.4, -0.2) is 49.2 Å². The Kier molecular flexibility index (Phi) is 4.25. The first kappa shape index (κ1) is 11.9. The molecule has 1 fully saturated rings. The Morgan fingerprint density at radius 1 is 1.56 bits per heavy atom. The van der Waals surface area contributed by atoms with Crippen LogP contribution in [0.2, 0.25) is 0 Å². The van der Waals surface area contributed by atoms with Crippen molar-refractivity contribution in [1.82, 2.24) is 5.32 Å². The van der Waals surface area contributed by atoms with Crippen molar-refractivity contribution in [3.63, 3.8) is 0 Å². The van der Waals surface area contributed by atoms with Crippen LogP contribution in [0.4, 0.5) is 0 Å². The molecule has 1 aromatic carbocycles. The van der Waals surface area contributed by atoms with Crippen molar-refractivity contribution in [3.05, 3.63) is 23.8 Å². The van der Waals surface area contributed by atoms with Crippen LogP contribution >= 0.6 is 0 Å². The molecule has 1 unspecified atom stereocenters. The molecule has 0 spiro atoms. The summed E-state index contributed by atoms with van der Waals surface area (Å²) in [5, 5.41) is 3.45. The SMILES string of the molecule is COc1ccc(CC2COCCN2)c[c]1[Al]. The van der Waals surface area contributed by atoms with E-state index in [1.54, 1.807) is 7.11 Å². The van der Waals surface area contributed by atoms with E-state index >= 15 is 0 Å². The lowest BCUT2D eigenvalue weighted by Crippen LogP contribution is -2.42. The highest BCUT2D eigenvalue weighted by atomic mass is 27.0. The number of ether oxygens (including phenoxy) is 2. The van der Waals surface area contributed by atoms with E-state index in [2.05, 4.69) is 33.7 Å². The van der Waals surface area contributed by atoms with E-state index in [1.807, 2.05) is 6.07 Å². The molecule has 0 aromatic heterocycles. The molecule has 1 atom stereocenters. The summed E-state index contributed by atoms with van der Waals surface area (Å²) in [5.41, 5.74) is 1.31. The highest BCUT2D eigenvalue weighted by Crippen LogP contribution is 2.10. The van der Waals surface area contributed by atoms with Crippen molar-refractivity contribution >= 4 is 20.7 Å². The van der Waals surface area contributed by atoms with E-state index < -0.39 is 0 Å². The largest absolute Gasteiger partial charge is 0.498 e. The zero-order chi connectivity index (χ0) is 11.4. The summed E-state index contributed by atoms with van der Waals surface area (Å²) >= 11 is 2.71. The molecule has 1 aromatic rings. The third-order valence-corrected chi connectivity index (χ3v) is 3.23. The van der Waals surface area contributed by atoms with Crippen LogP contribution in [0.15, 0.2) is 18.2 Å².